The van der Waals surface area contributed by atoms with Crippen LogP contribution in [0.15, 0.2) is 30.3 Å². The third-order valence-corrected chi connectivity index (χ3v) is 2.43. The molecule has 0 heterocycles. The molecule has 0 radical (unpaired) electrons. The maximum atomic E-state index is 5.72. The molecule has 0 saturated heterocycles. The van der Waals surface area contributed by atoms with Gasteiger partial charge in [-0.2, -0.15) is 0 Å². The molecule has 1 aromatic carbocycles. The van der Waals surface area contributed by atoms with Crippen molar-refractivity contribution in [1.29, 1.82) is 0 Å². The lowest BCUT2D eigenvalue weighted by Crippen LogP contribution is -3.10. The molecular formula is C11H17ClN+. The average molecular weight is 199 g/mol. The van der Waals surface area contributed by atoms with Crippen LogP contribution in [0.1, 0.15) is 12.5 Å². The van der Waals surface area contributed by atoms with Crippen LogP contribution in [0.5, 0.6) is 0 Å². The largest absolute Gasteiger partial charge is 0.330 e. The van der Waals surface area contributed by atoms with Crippen molar-refractivity contribution in [1.82, 2.24) is 0 Å². The molecule has 1 N–H and O–H groups in total. The van der Waals surface area contributed by atoms with Crippen LogP contribution in [0.4, 0.5) is 0 Å². The molecule has 1 nitrogen and oxygen atoms in total. The highest BCUT2D eigenvalue weighted by Crippen LogP contribution is 1.94. The first-order chi connectivity index (χ1) is 6.36. The molecule has 1 atom stereocenters. The average Bonchev–Trinajstić information content (AvgIpc) is 2.19. The minimum Gasteiger partial charge on any atom is -0.330 e. The summed E-state index contributed by atoms with van der Waals surface area (Å²) < 4.78 is 0. The molecule has 13 heavy (non-hydrogen) atoms. The molecule has 2 heteroatoms. The van der Waals surface area contributed by atoms with E-state index in [1.54, 1.807) is 4.90 Å². The summed E-state index contributed by atoms with van der Waals surface area (Å²) in [7, 11) is 0. The van der Waals surface area contributed by atoms with E-state index in [0.29, 0.717) is 0 Å². The van der Waals surface area contributed by atoms with Gasteiger partial charge in [-0.3, -0.25) is 0 Å². The lowest BCUT2D eigenvalue weighted by molar-refractivity contribution is -0.909. The highest BCUT2D eigenvalue weighted by Gasteiger charge is 2.04. The summed E-state index contributed by atoms with van der Waals surface area (Å²) in [6.45, 7) is 5.48. The van der Waals surface area contributed by atoms with Gasteiger partial charge in [-0.05, 0) is 6.92 Å². The molecule has 0 amide bonds. The Bertz CT molecular complexity index is 223. The van der Waals surface area contributed by atoms with Gasteiger partial charge in [0.2, 0.25) is 0 Å². The lowest BCUT2D eigenvalue weighted by Gasteiger charge is -2.15. The summed E-state index contributed by atoms with van der Waals surface area (Å²) >= 11 is 5.72. The Morgan fingerprint density at radius 3 is 2.46 bits per heavy atom. The predicted molar refractivity (Wildman–Crippen MR) is 57.2 cm³/mol. The fourth-order valence-electron chi connectivity index (χ4n) is 1.41. The van der Waals surface area contributed by atoms with Gasteiger partial charge in [0.1, 0.15) is 6.54 Å². The zero-order valence-electron chi connectivity index (χ0n) is 8.09. The smallest absolute Gasteiger partial charge is 0.103 e. The van der Waals surface area contributed by atoms with Crippen LogP contribution in [0.2, 0.25) is 0 Å². The van der Waals surface area contributed by atoms with E-state index < -0.39 is 0 Å². The highest BCUT2D eigenvalue weighted by molar-refractivity contribution is 6.17. The molecule has 0 spiro atoms. The van der Waals surface area contributed by atoms with Crippen LogP contribution >= 0.6 is 11.6 Å². The van der Waals surface area contributed by atoms with E-state index >= 15 is 0 Å². The number of alkyl halides is 1. The van der Waals surface area contributed by atoms with Gasteiger partial charge in [0, 0.05) is 5.56 Å². The van der Waals surface area contributed by atoms with Crippen LogP contribution in [-0.2, 0) is 6.54 Å². The van der Waals surface area contributed by atoms with Crippen LogP contribution in [0.25, 0.3) is 0 Å². The Labute approximate surface area is 85.3 Å². The quantitative estimate of drug-likeness (QED) is 0.681. The van der Waals surface area contributed by atoms with Crippen molar-refractivity contribution in [2.75, 3.05) is 19.0 Å². The summed E-state index contributed by atoms with van der Waals surface area (Å²) in [4.78, 5) is 1.54. The van der Waals surface area contributed by atoms with Gasteiger partial charge < -0.3 is 4.90 Å². The molecule has 1 aromatic rings. The summed E-state index contributed by atoms with van der Waals surface area (Å²) in [5, 5.41) is 0. The van der Waals surface area contributed by atoms with E-state index in [9.17, 15) is 0 Å². The number of quaternary nitrogens is 1. The fraction of sp³-hybridized carbons (Fsp3) is 0.455. The van der Waals surface area contributed by atoms with E-state index in [-0.39, 0.29) is 0 Å². The number of benzene rings is 1. The minimum absolute atomic E-state index is 0.746. The number of halogens is 1. The molecule has 0 aliphatic carbocycles. The van der Waals surface area contributed by atoms with Gasteiger partial charge in [-0.25, -0.2) is 0 Å². The van der Waals surface area contributed by atoms with E-state index in [1.807, 2.05) is 0 Å². The van der Waals surface area contributed by atoms with Crippen LogP contribution in [-0.4, -0.2) is 19.0 Å². The summed E-state index contributed by atoms with van der Waals surface area (Å²) in [5.74, 6) is 0.746. The third kappa shape index (κ3) is 3.79. The molecular weight excluding hydrogens is 182 g/mol. The maximum absolute atomic E-state index is 5.72. The SMILES string of the molecule is CC[NH+](CCCl)Cc1ccccc1. The Hall–Kier alpha value is -0.530. The summed E-state index contributed by atoms with van der Waals surface area (Å²) in [6, 6.07) is 10.6. The summed E-state index contributed by atoms with van der Waals surface area (Å²) in [5.41, 5.74) is 1.39. The Balaban J connectivity index is 2.46. The molecule has 0 aliphatic rings. The van der Waals surface area contributed by atoms with Crippen molar-refractivity contribution < 1.29 is 4.90 Å². The lowest BCUT2D eigenvalue weighted by atomic mass is 10.2. The number of rotatable bonds is 5. The molecule has 1 rings (SSSR count). The first kappa shape index (κ1) is 10.6. The maximum Gasteiger partial charge on any atom is 0.103 e. The number of hydrogen-bond acceptors (Lipinski definition) is 0. The second-order valence-electron chi connectivity index (χ2n) is 3.20. The molecule has 0 aliphatic heterocycles. The molecule has 0 fully saturated rings. The monoisotopic (exact) mass is 198 g/mol. The predicted octanol–water partition coefficient (Wildman–Crippen LogP) is 1.33. The normalized spacial score (nSPS) is 12.8. The van der Waals surface area contributed by atoms with Crippen LogP contribution in [0, 0.1) is 0 Å². The van der Waals surface area contributed by atoms with Crippen molar-refractivity contribution in [2.45, 2.75) is 13.5 Å². The van der Waals surface area contributed by atoms with Crippen molar-refractivity contribution in [3.8, 4) is 0 Å². The number of nitrogens with one attached hydrogen (secondary N) is 1. The van der Waals surface area contributed by atoms with Gasteiger partial charge in [0.15, 0.2) is 0 Å². The van der Waals surface area contributed by atoms with Crippen molar-refractivity contribution in [2.24, 2.45) is 0 Å². The number of hydrogen-bond donors (Lipinski definition) is 1. The minimum atomic E-state index is 0.746. The fourth-order valence-corrected chi connectivity index (χ4v) is 1.68. The van der Waals surface area contributed by atoms with Gasteiger partial charge in [0.05, 0.1) is 19.0 Å². The van der Waals surface area contributed by atoms with Crippen molar-refractivity contribution in [3.63, 3.8) is 0 Å². The third-order valence-electron chi connectivity index (χ3n) is 2.24. The van der Waals surface area contributed by atoms with Crippen molar-refractivity contribution in [3.05, 3.63) is 35.9 Å². The van der Waals surface area contributed by atoms with E-state index in [1.165, 1.54) is 5.56 Å². The zero-order valence-corrected chi connectivity index (χ0v) is 8.85. The van der Waals surface area contributed by atoms with Gasteiger partial charge in [0.25, 0.3) is 0 Å². The zero-order chi connectivity index (χ0) is 9.52. The standard InChI is InChI=1S/C11H16ClN/c1-2-13(9-8-12)10-11-6-4-3-5-7-11/h3-7H,2,8-10H2,1H3/p+1. The van der Waals surface area contributed by atoms with E-state index in [2.05, 4.69) is 37.3 Å². The van der Waals surface area contributed by atoms with E-state index in [4.69, 9.17) is 11.6 Å². The van der Waals surface area contributed by atoms with E-state index in [0.717, 1.165) is 25.5 Å². The van der Waals surface area contributed by atoms with Crippen LogP contribution < -0.4 is 4.90 Å². The second-order valence-corrected chi connectivity index (χ2v) is 3.58. The highest BCUT2D eigenvalue weighted by atomic mass is 35.5. The molecule has 0 aromatic heterocycles. The van der Waals surface area contributed by atoms with Crippen molar-refractivity contribution >= 4 is 11.6 Å². The molecule has 72 valence electrons. The van der Waals surface area contributed by atoms with Gasteiger partial charge in [-0.15, -0.1) is 11.6 Å². The topological polar surface area (TPSA) is 4.44 Å². The summed E-state index contributed by atoms with van der Waals surface area (Å²) in [6.07, 6.45) is 0. The Morgan fingerprint density at radius 2 is 1.92 bits per heavy atom. The first-order valence-electron chi connectivity index (χ1n) is 4.80. The molecule has 0 saturated carbocycles. The first-order valence-corrected chi connectivity index (χ1v) is 5.33. The van der Waals surface area contributed by atoms with Gasteiger partial charge >= 0.3 is 0 Å². The molecule has 0 bridgehead atoms. The van der Waals surface area contributed by atoms with Crippen LogP contribution in [0.3, 0.4) is 0 Å². The Kier molecular flexibility index (Phi) is 4.87. The van der Waals surface area contributed by atoms with Gasteiger partial charge in [-0.1, -0.05) is 30.3 Å². The second kappa shape index (κ2) is 6.01. The molecule has 1 unspecified atom stereocenters. The Morgan fingerprint density at radius 1 is 1.23 bits per heavy atom.